The molecule has 142 valence electrons. The van der Waals surface area contributed by atoms with Gasteiger partial charge in [-0.1, -0.05) is 66.2 Å². The van der Waals surface area contributed by atoms with Crippen molar-refractivity contribution in [2.45, 2.75) is 26.8 Å². The zero-order valence-corrected chi connectivity index (χ0v) is 16.2. The Balaban J connectivity index is 1.67. The Kier molecular flexibility index (Phi) is 6.22. The zero-order chi connectivity index (χ0) is 19.9. The van der Waals surface area contributed by atoms with Crippen LogP contribution in [0.4, 0.5) is 5.69 Å². The van der Waals surface area contributed by atoms with Crippen molar-refractivity contribution in [1.29, 1.82) is 0 Å². The summed E-state index contributed by atoms with van der Waals surface area (Å²) in [5, 5.41) is 5.78. The molecule has 3 aromatic carbocycles. The molecule has 4 heteroatoms. The lowest BCUT2D eigenvalue weighted by Crippen LogP contribution is -2.25. The van der Waals surface area contributed by atoms with Crippen LogP contribution in [0.5, 0.6) is 0 Å². The average molecular weight is 372 g/mol. The molecule has 4 nitrogen and oxygen atoms in total. The van der Waals surface area contributed by atoms with Crippen molar-refractivity contribution in [3.63, 3.8) is 0 Å². The molecule has 2 N–H and O–H groups in total. The summed E-state index contributed by atoms with van der Waals surface area (Å²) in [5.41, 5.74) is 5.22. The number of aryl methyl sites for hydroxylation is 2. The standard InChI is InChI=1S/C24H24N2O2/c1-17-12-13-20(18(2)14-17)15-23(27)26-22-11-7-6-10-21(22)24(28)25-16-19-8-4-3-5-9-19/h3-14H,15-16H2,1-2H3,(H,25,28)(H,26,27). The van der Waals surface area contributed by atoms with Crippen LogP contribution in [-0.2, 0) is 17.8 Å². The molecule has 28 heavy (non-hydrogen) atoms. The summed E-state index contributed by atoms with van der Waals surface area (Å²) in [6.45, 7) is 4.46. The molecule has 0 unspecified atom stereocenters. The Morgan fingerprint density at radius 1 is 0.857 bits per heavy atom. The molecule has 0 radical (unpaired) electrons. The van der Waals surface area contributed by atoms with Gasteiger partial charge in [0.15, 0.2) is 0 Å². The van der Waals surface area contributed by atoms with Crippen LogP contribution in [0.3, 0.4) is 0 Å². The van der Waals surface area contributed by atoms with Gasteiger partial charge in [0.25, 0.3) is 5.91 Å². The van der Waals surface area contributed by atoms with E-state index in [1.54, 1.807) is 24.3 Å². The van der Waals surface area contributed by atoms with Crippen molar-refractivity contribution in [1.82, 2.24) is 5.32 Å². The van der Waals surface area contributed by atoms with Crippen molar-refractivity contribution >= 4 is 17.5 Å². The van der Waals surface area contributed by atoms with Crippen LogP contribution in [0.2, 0.25) is 0 Å². The van der Waals surface area contributed by atoms with Gasteiger partial charge in [0.1, 0.15) is 0 Å². The van der Waals surface area contributed by atoms with Crippen LogP contribution in [0.15, 0.2) is 72.8 Å². The van der Waals surface area contributed by atoms with Gasteiger partial charge < -0.3 is 10.6 Å². The number of carbonyl (C=O) groups is 2. The van der Waals surface area contributed by atoms with E-state index in [9.17, 15) is 9.59 Å². The molecule has 0 saturated heterocycles. The lowest BCUT2D eigenvalue weighted by molar-refractivity contribution is -0.115. The summed E-state index contributed by atoms with van der Waals surface area (Å²) < 4.78 is 0. The Bertz CT molecular complexity index is 981. The summed E-state index contributed by atoms with van der Waals surface area (Å²) in [5.74, 6) is -0.360. The maximum absolute atomic E-state index is 12.6. The van der Waals surface area contributed by atoms with Crippen molar-refractivity contribution in [2.24, 2.45) is 0 Å². The average Bonchev–Trinajstić information content (AvgIpc) is 2.69. The van der Waals surface area contributed by atoms with E-state index in [0.717, 1.165) is 16.7 Å². The molecule has 3 aromatic rings. The Labute approximate surface area is 165 Å². The summed E-state index contributed by atoms with van der Waals surface area (Å²) in [4.78, 5) is 25.1. The molecule has 3 rings (SSSR count). The predicted octanol–water partition coefficient (Wildman–Crippen LogP) is 4.41. The minimum absolute atomic E-state index is 0.143. The first kappa shape index (κ1) is 19.4. The van der Waals surface area contributed by atoms with Crippen LogP contribution in [0.1, 0.15) is 32.6 Å². The number of amides is 2. The van der Waals surface area contributed by atoms with Gasteiger partial charge >= 0.3 is 0 Å². The number of carbonyl (C=O) groups excluding carboxylic acids is 2. The highest BCUT2D eigenvalue weighted by atomic mass is 16.2. The number of benzene rings is 3. The summed E-state index contributed by atoms with van der Waals surface area (Å²) in [7, 11) is 0. The van der Waals surface area contributed by atoms with Crippen LogP contribution >= 0.6 is 0 Å². The Morgan fingerprint density at radius 2 is 1.57 bits per heavy atom. The number of hydrogen-bond acceptors (Lipinski definition) is 2. The molecule has 0 atom stereocenters. The highest BCUT2D eigenvalue weighted by Crippen LogP contribution is 2.17. The SMILES string of the molecule is Cc1ccc(CC(=O)Nc2ccccc2C(=O)NCc2ccccc2)c(C)c1. The topological polar surface area (TPSA) is 58.2 Å². The molecular weight excluding hydrogens is 348 g/mol. The Morgan fingerprint density at radius 3 is 2.32 bits per heavy atom. The minimum Gasteiger partial charge on any atom is -0.348 e. The van der Waals surface area contributed by atoms with Gasteiger partial charge in [-0.25, -0.2) is 0 Å². The first-order valence-corrected chi connectivity index (χ1v) is 9.30. The van der Waals surface area contributed by atoms with Gasteiger partial charge in [-0.2, -0.15) is 0 Å². The number of hydrogen-bond donors (Lipinski definition) is 2. The third kappa shape index (κ3) is 5.07. The molecule has 0 heterocycles. The third-order valence-corrected chi connectivity index (χ3v) is 4.59. The minimum atomic E-state index is -0.216. The lowest BCUT2D eigenvalue weighted by Gasteiger charge is -2.12. The van der Waals surface area contributed by atoms with Crippen molar-refractivity contribution in [2.75, 3.05) is 5.32 Å². The second-order valence-corrected chi connectivity index (χ2v) is 6.87. The lowest BCUT2D eigenvalue weighted by atomic mass is 10.0. The molecule has 0 bridgehead atoms. The maximum atomic E-state index is 12.6. The van der Waals surface area contributed by atoms with Gasteiger partial charge in [-0.15, -0.1) is 0 Å². The van der Waals surface area contributed by atoms with E-state index < -0.39 is 0 Å². The van der Waals surface area contributed by atoms with Crippen LogP contribution in [0.25, 0.3) is 0 Å². The highest BCUT2D eigenvalue weighted by Gasteiger charge is 2.14. The fraction of sp³-hybridized carbons (Fsp3) is 0.167. The van der Waals surface area contributed by atoms with Crippen molar-refractivity contribution in [3.05, 3.63) is 101 Å². The molecule has 0 aliphatic rings. The van der Waals surface area contributed by atoms with Gasteiger partial charge in [0.05, 0.1) is 17.7 Å². The summed E-state index contributed by atoms with van der Waals surface area (Å²) >= 11 is 0. The normalized spacial score (nSPS) is 10.4. The van der Waals surface area contributed by atoms with E-state index >= 15 is 0 Å². The molecule has 0 aliphatic carbocycles. The number of anilines is 1. The molecule has 0 spiro atoms. The van der Waals surface area contributed by atoms with Crippen LogP contribution < -0.4 is 10.6 Å². The highest BCUT2D eigenvalue weighted by molar-refractivity contribution is 6.04. The van der Waals surface area contributed by atoms with Gasteiger partial charge in [-0.3, -0.25) is 9.59 Å². The fourth-order valence-corrected chi connectivity index (χ4v) is 3.08. The number of nitrogens with one attached hydrogen (secondary N) is 2. The molecule has 0 aliphatic heterocycles. The molecular formula is C24H24N2O2. The monoisotopic (exact) mass is 372 g/mol. The first-order valence-electron chi connectivity index (χ1n) is 9.30. The molecule has 2 amide bonds. The van der Waals surface area contributed by atoms with Crippen LogP contribution in [-0.4, -0.2) is 11.8 Å². The number of rotatable bonds is 6. The largest absolute Gasteiger partial charge is 0.348 e. The maximum Gasteiger partial charge on any atom is 0.253 e. The summed E-state index contributed by atoms with van der Waals surface area (Å²) in [6, 6.07) is 22.8. The predicted molar refractivity (Wildman–Crippen MR) is 112 cm³/mol. The molecule has 0 fully saturated rings. The van der Waals surface area contributed by atoms with Gasteiger partial charge in [0, 0.05) is 6.54 Å². The second kappa shape index (κ2) is 9.00. The molecule has 0 saturated carbocycles. The van der Waals surface area contributed by atoms with E-state index in [4.69, 9.17) is 0 Å². The van der Waals surface area contributed by atoms with E-state index in [1.165, 1.54) is 5.56 Å². The number of para-hydroxylation sites is 1. The Hall–Kier alpha value is -3.40. The van der Waals surface area contributed by atoms with E-state index in [1.807, 2.05) is 56.3 Å². The van der Waals surface area contributed by atoms with Gasteiger partial charge in [-0.05, 0) is 42.7 Å². The first-order chi connectivity index (χ1) is 13.5. The van der Waals surface area contributed by atoms with Gasteiger partial charge in [0.2, 0.25) is 5.91 Å². The van der Waals surface area contributed by atoms with Crippen LogP contribution in [0, 0.1) is 13.8 Å². The van der Waals surface area contributed by atoms with E-state index in [2.05, 4.69) is 16.7 Å². The third-order valence-electron chi connectivity index (χ3n) is 4.59. The van der Waals surface area contributed by atoms with E-state index in [-0.39, 0.29) is 18.2 Å². The van der Waals surface area contributed by atoms with Crippen molar-refractivity contribution in [3.8, 4) is 0 Å². The van der Waals surface area contributed by atoms with Crippen molar-refractivity contribution < 1.29 is 9.59 Å². The summed E-state index contributed by atoms with van der Waals surface area (Å²) in [6.07, 6.45) is 0.270. The smallest absolute Gasteiger partial charge is 0.253 e. The fourth-order valence-electron chi connectivity index (χ4n) is 3.08. The second-order valence-electron chi connectivity index (χ2n) is 6.87. The van der Waals surface area contributed by atoms with E-state index in [0.29, 0.717) is 17.8 Å². The zero-order valence-electron chi connectivity index (χ0n) is 16.2. The molecule has 0 aromatic heterocycles. The quantitative estimate of drug-likeness (QED) is 0.673.